The number of carbonyl (C=O) groups is 2. The van der Waals surface area contributed by atoms with Crippen LogP contribution in [0.1, 0.15) is 48.8 Å². The van der Waals surface area contributed by atoms with Gasteiger partial charge in [-0.1, -0.05) is 41.0 Å². The van der Waals surface area contributed by atoms with Crippen molar-refractivity contribution >= 4 is 39.3 Å². The lowest BCUT2D eigenvalue weighted by Gasteiger charge is -2.44. The second-order valence-corrected chi connectivity index (χ2v) is 14.2. The van der Waals surface area contributed by atoms with E-state index in [0.29, 0.717) is 29.0 Å². The van der Waals surface area contributed by atoms with Crippen molar-refractivity contribution in [3.63, 3.8) is 0 Å². The zero-order valence-electron chi connectivity index (χ0n) is 25.2. The van der Waals surface area contributed by atoms with E-state index in [1.807, 2.05) is 0 Å². The Kier molecular flexibility index (Phi) is 10.3. The third-order valence-corrected chi connectivity index (χ3v) is 11.2. The minimum Gasteiger partial charge on any atom is -0.465 e. The smallest absolute Gasteiger partial charge is 0.407 e. The van der Waals surface area contributed by atoms with Crippen LogP contribution in [0.2, 0.25) is 5.02 Å². The molecule has 16 heteroatoms. The van der Waals surface area contributed by atoms with Gasteiger partial charge in [-0.3, -0.25) is 9.78 Å². The van der Waals surface area contributed by atoms with Crippen LogP contribution in [0.4, 0.5) is 19.3 Å². The van der Waals surface area contributed by atoms with Crippen LogP contribution in [0.5, 0.6) is 0 Å². The summed E-state index contributed by atoms with van der Waals surface area (Å²) in [5.41, 5.74) is 10.2. The van der Waals surface area contributed by atoms with E-state index < -0.39 is 63.0 Å². The third kappa shape index (κ3) is 7.65. The minimum absolute atomic E-state index is 0.00358. The molecule has 1 aliphatic heterocycles. The molecule has 0 spiro atoms. The molecule has 2 aromatic carbocycles. The Balaban J connectivity index is 1.44. The first-order valence-corrected chi connectivity index (χ1v) is 16.8. The molecule has 47 heavy (non-hydrogen) atoms. The van der Waals surface area contributed by atoms with Crippen LogP contribution in [0.3, 0.4) is 0 Å². The highest BCUT2D eigenvalue weighted by Crippen LogP contribution is 2.36. The highest BCUT2D eigenvalue weighted by molar-refractivity contribution is 7.90. The van der Waals surface area contributed by atoms with Gasteiger partial charge in [-0.15, -0.1) is 0 Å². The van der Waals surface area contributed by atoms with Crippen LogP contribution in [-0.2, 0) is 21.2 Å². The van der Waals surface area contributed by atoms with Crippen molar-refractivity contribution in [1.29, 1.82) is 0 Å². The zero-order valence-corrected chi connectivity index (χ0v) is 26.8. The van der Waals surface area contributed by atoms with Crippen molar-refractivity contribution in [2.24, 2.45) is 5.11 Å². The first-order chi connectivity index (χ1) is 22.4. The zero-order chi connectivity index (χ0) is 33.9. The lowest BCUT2D eigenvalue weighted by molar-refractivity contribution is -0.117. The molecule has 2 amide bonds. The van der Waals surface area contributed by atoms with Crippen molar-refractivity contribution in [1.82, 2.24) is 14.2 Å². The van der Waals surface area contributed by atoms with E-state index in [2.05, 4.69) is 20.3 Å². The number of piperazine rings is 1. The van der Waals surface area contributed by atoms with E-state index in [9.17, 15) is 33.0 Å². The normalized spacial score (nSPS) is 19.8. The molecule has 2 unspecified atom stereocenters. The summed E-state index contributed by atoms with van der Waals surface area (Å²) in [7, 11) is -3.71. The number of halogens is 3. The van der Waals surface area contributed by atoms with E-state index >= 15 is 4.39 Å². The first kappa shape index (κ1) is 34.0. The molecule has 0 bridgehead atoms. The van der Waals surface area contributed by atoms with Crippen molar-refractivity contribution in [2.75, 3.05) is 18.4 Å². The van der Waals surface area contributed by atoms with Crippen LogP contribution in [0.15, 0.2) is 66.0 Å². The number of anilines is 1. The van der Waals surface area contributed by atoms with Gasteiger partial charge in [0.05, 0.1) is 23.3 Å². The summed E-state index contributed by atoms with van der Waals surface area (Å²) in [4.78, 5) is 33.6. The molecule has 1 aliphatic carbocycles. The van der Waals surface area contributed by atoms with Crippen molar-refractivity contribution in [2.45, 2.75) is 61.9 Å². The van der Waals surface area contributed by atoms with Crippen molar-refractivity contribution < 1.29 is 31.9 Å². The van der Waals surface area contributed by atoms with Crippen LogP contribution >= 0.6 is 11.6 Å². The molecule has 4 atom stereocenters. The van der Waals surface area contributed by atoms with Crippen molar-refractivity contribution in [3.8, 4) is 0 Å². The summed E-state index contributed by atoms with van der Waals surface area (Å²) in [6.45, 7) is 1.55. The molecule has 3 aromatic rings. The molecule has 2 aliphatic rings. The maximum Gasteiger partial charge on any atom is 0.407 e. The fourth-order valence-electron chi connectivity index (χ4n) is 6.13. The highest BCUT2D eigenvalue weighted by atomic mass is 35.5. The Hall–Kier alpha value is -4.30. The Morgan fingerprint density at radius 1 is 1.15 bits per heavy atom. The average Bonchev–Trinajstić information content (AvgIpc) is 3.88. The summed E-state index contributed by atoms with van der Waals surface area (Å²) in [6, 6.07) is 8.99. The molecular formula is C31H32ClF2N7O5S. The largest absolute Gasteiger partial charge is 0.465 e. The predicted molar refractivity (Wildman–Crippen MR) is 170 cm³/mol. The number of nitrogens with one attached hydrogen (secondary N) is 1. The number of hydrogen-bond donors (Lipinski definition) is 2. The molecule has 1 saturated carbocycles. The molecule has 2 heterocycles. The summed E-state index contributed by atoms with van der Waals surface area (Å²) >= 11 is 6.07. The number of sulfonamides is 1. The fraction of sp³-hybridized carbons (Fsp3) is 0.387. The number of aromatic nitrogens is 1. The topological polar surface area (TPSA) is 169 Å². The number of azide groups is 1. The fourth-order valence-corrected chi connectivity index (χ4v) is 8.49. The number of carbonyl (C=O) groups excluding carboxylic acids is 1. The van der Waals surface area contributed by atoms with E-state index in [-0.39, 0.29) is 37.2 Å². The number of carboxylic acid groups (broad SMARTS) is 1. The molecule has 2 N–H and O–H groups in total. The van der Waals surface area contributed by atoms with Crippen LogP contribution in [-0.4, -0.2) is 76.2 Å². The number of rotatable bonds is 11. The quantitative estimate of drug-likeness (QED) is 0.144. The van der Waals surface area contributed by atoms with E-state index in [1.54, 1.807) is 37.3 Å². The van der Waals surface area contributed by atoms with Gasteiger partial charge in [0.1, 0.15) is 17.7 Å². The van der Waals surface area contributed by atoms with Gasteiger partial charge < -0.3 is 15.3 Å². The lowest BCUT2D eigenvalue weighted by Crippen LogP contribution is -2.61. The van der Waals surface area contributed by atoms with Gasteiger partial charge in [-0.25, -0.2) is 22.0 Å². The van der Waals surface area contributed by atoms with Crippen LogP contribution in [0.25, 0.3) is 10.4 Å². The Labute approximate surface area is 275 Å². The molecule has 0 radical (unpaired) electrons. The van der Waals surface area contributed by atoms with Gasteiger partial charge in [-0.05, 0) is 73.5 Å². The van der Waals surface area contributed by atoms with Crippen LogP contribution in [0, 0.1) is 11.6 Å². The van der Waals surface area contributed by atoms with Gasteiger partial charge in [0.15, 0.2) is 0 Å². The summed E-state index contributed by atoms with van der Waals surface area (Å²) in [5, 5.41) is 15.9. The van der Waals surface area contributed by atoms with Gasteiger partial charge >= 0.3 is 6.09 Å². The van der Waals surface area contributed by atoms with Crippen LogP contribution < -0.4 is 5.32 Å². The number of nitrogens with zero attached hydrogens (tertiary/aromatic N) is 6. The summed E-state index contributed by atoms with van der Waals surface area (Å²) in [6.07, 6.45) is 1.98. The average molecular weight is 688 g/mol. The molecule has 1 saturated heterocycles. The SMILES string of the molecule is CC1CN(C(=O)O)CC(CCc2c(F)cncc2NC(=O)[C@@H](N=[N+]=[N-])[C@@H](c2ccc(Cl)cc2)c2cccc(F)c2)N1S(=O)(=O)C1CC1. The van der Waals surface area contributed by atoms with Gasteiger partial charge in [0.2, 0.25) is 15.9 Å². The molecule has 12 nitrogen and oxygen atoms in total. The predicted octanol–water partition coefficient (Wildman–Crippen LogP) is 5.94. The monoisotopic (exact) mass is 687 g/mol. The second-order valence-electron chi connectivity index (χ2n) is 11.7. The highest BCUT2D eigenvalue weighted by Gasteiger charge is 2.47. The molecule has 248 valence electrons. The Morgan fingerprint density at radius 2 is 1.87 bits per heavy atom. The Bertz CT molecular complexity index is 1810. The number of amides is 2. The number of benzene rings is 2. The summed E-state index contributed by atoms with van der Waals surface area (Å²) in [5.74, 6) is -3.15. The summed E-state index contributed by atoms with van der Waals surface area (Å²) < 4.78 is 57.7. The number of hydrogen-bond acceptors (Lipinski definition) is 6. The second kappa shape index (κ2) is 14.2. The maximum absolute atomic E-state index is 15.3. The van der Waals surface area contributed by atoms with E-state index in [4.69, 9.17) is 11.6 Å². The third-order valence-electron chi connectivity index (χ3n) is 8.41. The lowest BCUT2D eigenvalue weighted by atomic mass is 9.84. The van der Waals surface area contributed by atoms with E-state index in [0.717, 1.165) is 11.1 Å². The van der Waals surface area contributed by atoms with Gasteiger partial charge in [-0.2, -0.15) is 4.31 Å². The molecule has 5 rings (SSSR count). The van der Waals surface area contributed by atoms with E-state index in [1.165, 1.54) is 28.7 Å². The van der Waals surface area contributed by atoms with Gasteiger partial charge in [0.25, 0.3) is 0 Å². The standard InChI is InChI=1S/C31H32ClF2N7O5S/c1-18-16-40(31(43)44)17-23(41(18)47(45,46)24-10-11-24)9-12-25-26(34)14-36-15-27(25)37-30(42)29(38-39-35)28(19-5-7-21(32)8-6-19)20-3-2-4-22(33)13-20/h2-8,13-15,18,23-24,28-29H,9-12,16-17H2,1H3,(H,37,42)(H,43,44)/t18?,23?,28-,29-/m0/s1. The molecule has 2 fully saturated rings. The number of pyridine rings is 1. The maximum atomic E-state index is 15.3. The Morgan fingerprint density at radius 3 is 2.51 bits per heavy atom. The first-order valence-electron chi connectivity index (χ1n) is 14.9. The molecular weight excluding hydrogens is 656 g/mol. The molecule has 1 aromatic heterocycles. The minimum atomic E-state index is -3.71. The van der Waals surface area contributed by atoms with Gasteiger partial charge in [0, 0.05) is 46.6 Å². The van der Waals surface area contributed by atoms with Crippen molar-refractivity contribution in [3.05, 3.63) is 105 Å².